The van der Waals surface area contributed by atoms with E-state index in [0.29, 0.717) is 0 Å². The summed E-state index contributed by atoms with van der Waals surface area (Å²) in [5.41, 5.74) is 1.37. The molecule has 0 aliphatic carbocycles. The van der Waals surface area contributed by atoms with Gasteiger partial charge in [0.2, 0.25) is 0 Å². The van der Waals surface area contributed by atoms with E-state index < -0.39 is 0 Å². The van der Waals surface area contributed by atoms with E-state index in [0.717, 1.165) is 50.5 Å². The van der Waals surface area contributed by atoms with Gasteiger partial charge in [0, 0.05) is 13.0 Å². The molecule has 114 valence electrons. The number of aryl methyl sites for hydroxylation is 1. The third-order valence-corrected chi connectivity index (χ3v) is 3.55. The van der Waals surface area contributed by atoms with E-state index in [1.54, 1.807) is 0 Å². The zero-order valence-electron chi connectivity index (χ0n) is 13.1. The quantitative estimate of drug-likeness (QED) is 0.716. The fraction of sp³-hybridized carbons (Fsp3) is 0.444. The van der Waals surface area contributed by atoms with E-state index in [-0.39, 0.29) is 0 Å². The first-order valence-electron chi connectivity index (χ1n) is 7.78. The van der Waals surface area contributed by atoms with Gasteiger partial charge >= 0.3 is 0 Å². The molecule has 3 nitrogen and oxygen atoms in total. The monoisotopic (exact) mass is 286 g/mol. The standard InChI is InChI=1S/C18H26N2O/c1-3-17-10-11-18(21-17)14-19-12-7-13-20(2)15-16-8-5-4-6-9-16/h4-6,8-11,19H,3,7,12-15H2,1-2H3. The molecule has 0 bridgehead atoms. The van der Waals surface area contributed by atoms with Crippen LogP contribution in [0.25, 0.3) is 0 Å². The molecule has 0 radical (unpaired) electrons. The summed E-state index contributed by atoms with van der Waals surface area (Å²) in [6.45, 7) is 6.06. The minimum absolute atomic E-state index is 0.822. The van der Waals surface area contributed by atoms with Crippen molar-refractivity contribution in [1.82, 2.24) is 10.2 Å². The molecule has 0 spiro atoms. The van der Waals surface area contributed by atoms with E-state index >= 15 is 0 Å². The predicted molar refractivity (Wildman–Crippen MR) is 87.2 cm³/mol. The molecule has 0 aliphatic rings. The van der Waals surface area contributed by atoms with E-state index in [2.05, 4.69) is 66.7 Å². The molecule has 0 saturated carbocycles. The summed E-state index contributed by atoms with van der Waals surface area (Å²) in [5, 5.41) is 3.44. The van der Waals surface area contributed by atoms with Crippen molar-refractivity contribution in [2.75, 3.05) is 20.1 Å². The predicted octanol–water partition coefficient (Wildman–Crippen LogP) is 3.45. The molecule has 1 aromatic heterocycles. The Kier molecular flexibility index (Phi) is 6.51. The first-order chi connectivity index (χ1) is 10.3. The molecule has 0 unspecified atom stereocenters. The van der Waals surface area contributed by atoms with Crippen molar-refractivity contribution < 1.29 is 4.42 Å². The average molecular weight is 286 g/mol. The molecule has 2 rings (SSSR count). The lowest BCUT2D eigenvalue weighted by Gasteiger charge is -2.16. The molecule has 3 heteroatoms. The van der Waals surface area contributed by atoms with Gasteiger partial charge in [0.15, 0.2) is 0 Å². The lowest BCUT2D eigenvalue weighted by molar-refractivity contribution is 0.318. The van der Waals surface area contributed by atoms with Crippen molar-refractivity contribution in [2.24, 2.45) is 0 Å². The number of benzene rings is 1. The minimum atomic E-state index is 0.822. The van der Waals surface area contributed by atoms with Gasteiger partial charge in [-0.1, -0.05) is 37.3 Å². The van der Waals surface area contributed by atoms with E-state index in [9.17, 15) is 0 Å². The number of rotatable bonds is 9. The summed E-state index contributed by atoms with van der Waals surface area (Å²) in [6, 6.07) is 14.7. The third-order valence-electron chi connectivity index (χ3n) is 3.55. The van der Waals surface area contributed by atoms with Crippen LogP contribution in [0.4, 0.5) is 0 Å². The van der Waals surface area contributed by atoms with E-state index in [1.807, 2.05) is 0 Å². The van der Waals surface area contributed by atoms with Gasteiger partial charge < -0.3 is 14.6 Å². The molecular formula is C18H26N2O. The van der Waals surface area contributed by atoms with Gasteiger partial charge in [-0.05, 0) is 44.3 Å². The second-order valence-electron chi connectivity index (χ2n) is 5.48. The molecular weight excluding hydrogens is 260 g/mol. The van der Waals surface area contributed by atoms with Gasteiger partial charge in [0.05, 0.1) is 6.54 Å². The molecule has 1 aromatic carbocycles. The first kappa shape index (κ1) is 15.8. The Bertz CT molecular complexity index is 507. The lowest BCUT2D eigenvalue weighted by atomic mass is 10.2. The summed E-state index contributed by atoms with van der Waals surface area (Å²) >= 11 is 0. The Morgan fingerprint density at radius 1 is 1.05 bits per heavy atom. The Labute approximate surface area is 128 Å². The molecule has 0 saturated heterocycles. The molecule has 21 heavy (non-hydrogen) atoms. The zero-order chi connectivity index (χ0) is 14.9. The van der Waals surface area contributed by atoms with Crippen molar-refractivity contribution in [1.29, 1.82) is 0 Å². The summed E-state index contributed by atoms with van der Waals surface area (Å²) in [5.74, 6) is 2.10. The summed E-state index contributed by atoms with van der Waals surface area (Å²) in [6.07, 6.45) is 2.11. The number of nitrogens with zero attached hydrogens (tertiary/aromatic N) is 1. The van der Waals surface area contributed by atoms with Crippen molar-refractivity contribution >= 4 is 0 Å². The van der Waals surface area contributed by atoms with Crippen LogP contribution in [0.2, 0.25) is 0 Å². The van der Waals surface area contributed by atoms with Crippen LogP contribution in [0.5, 0.6) is 0 Å². The van der Waals surface area contributed by atoms with Crippen molar-refractivity contribution in [3.63, 3.8) is 0 Å². The van der Waals surface area contributed by atoms with Crippen LogP contribution in [0.3, 0.4) is 0 Å². The second kappa shape index (κ2) is 8.65. The Morgan fingerprint density at radius 2 is 1.81 bits per heavy atom. The maximum atomic E-state index is 5.67. The molecule has 2 aromatic rings. The number of hydrogen-bond donors (Lipinski definition) is 1. The fourth-order valence-electron chi connectivity index (χ4n) is 2.37. The van der Waals surface area contributed by atoms with Gasteiger partial charge in [-0.25, -0.2) is 0 Å². The van der Waals surface area contributed by atoms with Crippen LogP contribution in [-0.4, -0.2) is 25.0 Å². The largest absolute Gasteiger partial charge is 0.465 e. The summed E-state index contributed by atoms with van der Waals surface area (Å²) in [4.78, 5) is 2.36. The SMILES string of the molecule is CCc1ccc(CNCCCN(C)Cc2ccccc2)o1. The summed E-state index contributed by atoms with van der Waals surface area (Å²) in [7, 11) is 2.17. The number of hydrogen-bond acceptors (Lipinski definition) is 3. The van der Waals surface area contributed by atoms with Crippen molar-refractivity contribution in [3.8, 4) is 0 Å². The zero-order valence-corrected chi connectivity index (χ0v) is 13.1. The van der Waals surface area contributed by atoms with Crippen LogP contribution >= 0.6 is 0 Å². The van der Waals surface area contributed by atoms with Crippen LogP contribution in [0.1, 0.15) is 30.4 Å². The average Bonchev–Trinajstić information content (AvgIpc) is 2.96. The molecule has 1 heterocycles. The highest BCUT2D eigenvalue weighted by Crippen LogP contribution is 2.08. The number of nitrogens with one attached hydrogen (secondary N) is 1. The van der Waals surface area contributed by atoms with Gasteiger partial charge in [0.1, 0.15) is 11.5 Å². The third kappa shape index (κ3) is 5.74. The lowest BCUT2D eigenvalue weighted by Crippen LogP contribution is -2.23. The van der Waals surface area contributed by atoms with Crippen LogP contribution in [-0.2, 0) is 19.5 Å². The minimum Gasteiger partial charge on any atom is -0.465 e. The maximum absolute atomic E-state index is 5.67. The van der Waals surface area contributed by atoms with Crippen LogP contribution < -0.4 is 5.32 Å². The normalized spacial score (nSPS) is 11.2. The second-order valence-corrected chi connectivity index (χ2v) is 5.48. The van der Waals surface area contributed by atoms with Crippen molar-refractivity contribution in [3.05, 3.63) is 59.5 Å². The van der Waals surface area contributed by atoms with Gasteiger partial charge in [-0.3, -0.25) is 0 Å². The van der Waals surface area contributed by atoms with Gasteiger partial charge in [-0.2, -0.15) is 0 Å². The maximum Gasteiger partial charge on any atom is 0.117 e. The fourth-order valence-corrected chi connectivity index (χ4v) is 2.37. The number of furan rings is 1. The van der Waals surface area contributed by atoms with Gasteiger partial charge in [0.25, 0.3) is 0 Å². The Hall–Kier alpha value is -1.58. The molecule has 0 atom stereocenters. The highest BCUT2D eigenvalue weighted by molar-refractivity contribution is 5.14. The van der Waals surface area contributed by atoms with E-state index in [4.69, 9.17) is 4.42 Å². The molecule has 1 N–H and O–H groups in total. The highest BCUT2D eigenvalue weighted by Gasteiger charge is 2.01. The Morgan fingerprint density at radius 3 is 2.52 bits per heavy atom. The van der Waals surface area contributed by atoms with Crippen LogP contribution in [0.15, 0.2) is 46.9 Å². The topological polar surface area (TPSA) is 28.4 Å². The smallest absolute Gasteiger partial charge is 0.117 e. The summed E-state index contributed by atoms with van der Waals surface area (Å²) < 4.78 is 5.67. The van der Waals surface area contributed by atoms with Crippen molar-refractivity contribution in [2.45, 2.75) is 32.9 Å². The van der Waals surface area contributed by atoms with E-state index in [1.165, 1.54) is 5.56 Å². The first-order valence-corrected chi connectivity index (χ1v) is 7.78. The van der Waals surface area contributed by atoms with Crippen LogP contribution in [0, 0.1) is 0 Å². The highest BCUT2D eigenvalue weighted by atomic mass is 16.3. The Balaban J connectivity index is 1.57. The van der Waals surface area contributed by atoms with Gasteiger partial charge in [-0.15, -0.1) is 0 Å². The molecule has 0 amide bonds. The molecule has 0 fully saturated rings. The molecule has 0 aliphatic heterocycles.